The highest BCUT2D eigenvalue weighted by atomic mass is 19.4. The maximum atomic E-state index is 13.9. The molecule has 7 heteroatoms. The van der Waals surface area contributed by atoms with Crippen molar-refractivity contribution in [3.8, 4) is 11.1 Å². The van der Waals surface area contributed by atoms with Crippen LogP contribution in [0.5, 0.6) is 0 Å². The molecule has 3 nitrogen and oxygen atoms in total. The number of imidazole rings is 1. The minimum atomic E-state index is -4.82. The Hall–Kier alpha value is -2.57. The minimum Gasteiger partial charge on any atom is -0.295 e. The second-order valence-electron chi connectivity index (χ2n) is 7.85. The van der Waals surface area contributed by atoms with E-state index in [4.69, 9.17) is 0 Å². The van der Waals surface area contributed by atoms with Crippen LogP contribution in [-0.4, -0.2) is 9.13 Å². The van der Waals surface area contributed by atoms with E-state index >= 15 is 0 Å². The summed E-state index contributed by atoms with van der Waals surface area (Å²) in [6, 6.07) is 7.87. The molecule has 3 aromatic rings. The third-order valence-electron chi connectivity index (χ3n) is 4.39. The Morgan fingerprint density at radius 2 is 1.67 bits per heavy atom. The molecule has 0 fully saturated rings. The molecular formula is C20H20F4N2O. The molecule has 0 radical (unpaired) electrons. The number of benzene rings is 2. The smallest absolute Gasteiger partial charge is 0.295 e. The molecule has 0 atom stereocenters. The Labute approximate surface area is 153 Å². The van der Waals surface area contributed by atoms with Gasteiger partial charge < -0.3 is 0 Å². The second-order valence-corrected chi connectivity index (χ2v) is 7.85. The number of fused-ring (bicyclic) bond motifs is 1. The predicted molar refractivity (Wildman–Crippen MR) is 97.0 cm³/mol. The van der Waals surface area contributed by atoms with Crippen LogP contribution in [0.2, 0.25) is 0 Å². The van der Waals surface area contributed by atoms with Crippen molar-refractivity contribution in [3.05, 3.63) is 58.3 Å². The van der Waals surface area contributed by atoms with Gasteiger partial charge >= 0.3 is 11.9 Å². The van der Waals surface area contributed by atoms with Gasteiger partial charge in [-0.05, 0) is 34.7 Å². The van der Waals surface area contributed by atoms with Crippen LogP contribution < -0.4 is 5.69 Å². The molecule has 0 unspecified atom stereocenters. The fourth-order valence-electron chi connectivity index (χ4n) is 3.25. The minimum absolute atomic E-state index is 0.150. The molecule has 0 saturated carbocycles. The molecule has 0 amide bonds. The van der Waals surface area contributed by atoms with Crippen molar-refractivity contribution >= 4 is 11.0 Å². The Morgan fingerprint density at radius 3 is 2.26 bits per heavy atom. The fourth-order valence-corrected chi connectivity index (χ4v) is 3.25. The molecule has 1 heterocycles. The number of hydrogen-bond donors (Lipinski definition) is 0. The third kappa shape index (κ3) is 3.50. The molecule has 1 aromatic heterocycles. The number of nitrogens with zero attached hydrogens (tertiary/aromatic N) is 2. The van der Waals surface area contributed by atoms with Gasteiger partial charge in [-0.3, -0.25) is 9.13 Å². The summed E-state index contributed by atoms with van der Waals surface area (Å²) in [5.41, 5.74) is -0.609. The highest BCUT2D eigenvalue weighted by Gasteiger charge is 2.37. The largest absolute Gasteiger partial charge is 0.419 e. The lowest BCUT2D eigenvalue weighted by Crippen LogP contribution is -2.27. The van der Waals surface area contributed by atoms with Crippen LogP contribution in [0.15, 0.2) is 41.2 Å². The Kier molecular flexibility index (Phi) is 4.44. The van der Waals surface area contributed by atoms with E-state index in [1.165, 1.54) is 28.8 Å². The molecule has 144 valence electrons. The standard InChI is InChI=1S/C20H20F4N2O/c1-19(2,3)11-26-15-9-8-12(10-16(15)25(4)18(26)27)13-6-5-7-14(21)17(13)20(22,23)24/h5-10H,11H2,1-4H3. The van der Waals surface area contributed by atoms with Gasteiger partial charge in [0.1, 0.15) is 5.82 Å². The molecule has 0 aliphatic carbocycles. The lowest BCUT2D eigenvalue weighted by Gasteiger charge is -2.18. The summed E-state index contributed by atoms with van der Waals surface area (Å²) in [5, 5.41) is 0. The number of aromatic nitrogens is 2. The van der Waals surface area contributed by atoms with E-state index in [2.05, 4.69) is 0 Å². The summed E-state index contributed by atoms with van der Waals surface area (Å²) in [7, 11) is 1.57. The monoisotopic (exact) mass is 380 g/mol. The van der Waals surface area contributed by atoms with Crippen molar-refractivity contribution < 1.29 is 17.6 Å². The van der Waals surface area contributed by atoms with E-state index in [0.717, 1.165) is 6.07 Å². The molecule has 0 bridgehead atoms. The first-order chi connectivity index (χ1) is 12.4. The van der Waals surface area contributed by atoms with Crippen LogP contribution in [0.3, 0.4) is 0 Å². The highest BCUT2D eigenvalue weighted by molar-refractivity contribution is 5.83. The molecule has 0 saturated heterocycles. The Balaban J connectivity index is 2.25. The Bertz CT molecular complexity index is 1070. The van der Waals surface area contributed by atoms with Crippen LogP contribution in [-0.2, 0) is 19.8 Å². The number of halogens is 4. The molecule has 27 heavy (non-hydrogen) atoms. The van der Waals surface area contributed by atoms with Crippen LogP contribution in [0, 0.1) is 11.2 Å². The normalized spacial score (nSPS) is 12.7. The van der Waals surface area contributed by atoms with E-state index in [1.807, 2.05) is 20.8 Å². The van der Waals surface area contributed by atoms with E-state index in [0.29, 0.717) is 17.6 Å². The van der Waals surface area contributed by atoms with Gasteiger partial charge in [-0.2, -0.15) is 13.2 Å². The molecule has 0 spiro atoms. The highest BCUT2D eigenvalue weighted by Crippen LogP contribution is 2.39. The lowest BCUT2D eigenvalue weighted by molar-refractivity contribution is -0.139. The average Bonchev–Trinajstić information content (AvgIpc) is 2.77. The summed E-state index contributed by atoms with van der Waals surface area (Å²) < 4.78 is 56.9. The number of rotatable bonds is 2. The summed E-state index contributed by atoms with van der Waals surface area (Å²) in [5.74, 6) is -1.32. The summed E-state index contributed by atoms with van der Waals surface area (Å²) in [4.78, 5) is 12.6. The van der Waals surface area contributed by atoms with Gasteiger partial charge in [-0.15, -0.1) is 0 Å². The molecule has 3 rings (SSSR count). The fraction of sp³-hybridized carbons (Fsp3) is 0.350. The zero-order chi connectivity index (χ0) is 20.1. The third-order valence-corrected chi connectivity index (χ3v) is 4.39. The first-order valence-corrected chi connectivity index (χ1v) is 8.45. The predicted octanol–water partition coefficient (Wildman–Crippen LogP) is 5.21. The number of hydrogen-bond acceptors (Lipinski definition) is 1. The summed E-state index contributed by atoms with van der Waals surface area (Å²) in [6.07, 6.45) is -4.82. The van der Waals surface area contributed by atoms with Crippen molar-refractivity contribution in [3.63, 3.8) is 0 Å². The topological polar surface area (TPSA) is 26.9 Å². The van der Waals surface area contributed by atoms with Crippen molar-refractivity contribution in [1.29, 1.82) is 0 Å². The second kappa shape index (κ2) is 6.25. The van der Waals surface area contributed by atoms with Gasteiger partial charge in [0.25, 0.3) is 0 Å². The maximum Gasteiger partial charge on any atom is 0.419 e. The first kappa shape index (κ1) is 19.2. The number of alkyl halides is 3. The average molecular weight is 380 g/mol. The summed E-state index contributed by atoms with van der Waals surface area (Å²) in [6.45, 7) is 6.45. The molecule has 0 aliphatic heterocycles. The van der Waals surface area contributed by atoms with Gasteiger partial charge in [-0.25, -0.2) is 9.18 Å². The van der Waals surface area contributed by atoms with Crippen molar-refractivity contribution in [2.75, 3.05) is 0 Å². The molecule has 0 N–H and O–H groups in total. The molecule has 2 aromatic carbocycles. The van der Waals surface area contributed by atoms with Gasteiger partial charge in [0.05, 0.1) is 16.6 Å². The lowest BCUT2D eigenvalue weighted by atomic mass is 9.96. The van der Waals surface area contributed by atoms with E-state index in [-0.39, 0.29) is 22.2 Å². The maximum absolute atomic E-state index is 13.9. The molecule has 0 aliphatic rings. The molecular weight excluding hydrogens is 360 g/mol. The van der Waals surface area contributed by atoms with Crippen molar-refractivity contribution in [1.82, 2.24) is 9.13 Å². The van der Waals surface area contributed by atoms with Crippen LogP contribution in [0.1, 0.15) is 26.3 Å². The number of aryl methyl sites for hydroxylation is 1. The van der Waals surface area contributed by atoms with Crippen LogP contribution >= 0.6 is 0 Å². The van der Waals surface area contributed by atoms with Gasteiger partial charge in [0.15, 0.2) is 0 Å². The van der Waals surface area contributed by atoms with Gasteiger partial charge in [-0.1, -0.05) is 39.0 Å². The SMILES string of the molecule is Cn1c(=O)n(CC(C)(C)C)c2ccc(-c3cccc(F)c3C(F)(F)F)cc21. The van der Waals surface area contributed by atoms with Crippen LogP contribution in [0.4, 0.5) is 17.6 Å². The zero-order valence-corrected chi connectivity index (χ0v) is 15.5. The van der Waals surface area contributed by atoms with Crippen LogP contribution in [0.25, 0.3) is 22.2 Å². The Morgan fingerprint density at radius 1 is 1.00 bits per heavy atom. The summed E-state index contributed by atoms with van der Waals surface area (Å²) >= 11 is 0. The van der Waals surface area contributed by atoms with Crippen molar-refractivity contribution in [2.45, 2.75) is 33.5 Å². The van der Waals surface area contributed by atoms with Gasteiger partial charge in [0, 0.05) is 13.6 Å². The van der Waals surface area contributed by atoms with Crippen molar-refractivity contribution in [2.24, 2.45) is 12.5 Å². The first-order valence-electron chi connectivity index (χ1n) is 8.45. The van der Waals surface area contributed by atoms with E-state index < -0.39 is 17.6 Å². The van der Waals surface area contributed by atoms with Gasteiger partial charge in [0.2, 0.25) is 0 Å². The van der Waals surface area contributed by atoms with E-state index in [9.17, 15) is 22.4 Å². The van der Waals surface area contributed by atoms with E-state index in [1.54, 1.807) is 17.7 Å². The quantitative estimate of drug-likeness (QED) is 0.561. The zero-order valence-electron chi connectivity index (χ0n) is 15.5.